The third-order valence-electron chi connectivity index (χ3n) is 6.15. The molecule has 3 aromatic rings. The average Bonchev–Trinajstić information content (AvgIpc) is 3.49. The van der Waals surface area contributed by atoms with E-state index >= 15 is 0 Å². The van der Waals surface area contributed by atoms with Crippen molar-refractivity contribution in [1.29, 1.82) is 0 Å². The second-order valence-corrected chi connectivity index (χ2v) is 11.7. The lowest BCUT2D eigenvalue weighted by Crippen LogP contribution is -2.36. The number of nitrogens with one attached hydrogen (secondary N) is 1. The van der Waals surface area contributed by atoms with Gasteiger partial charge < -0.3 is 9.42 Å². The first-order valence-electron chi connectivity index (χ1n) is 11.4. The molecule has 0 unspecified atom stereocenters. The average molecular weight is 516 g/mol. The number of amides is 2. The van der Waals surface area contributed by atoms with Crippen LogP contribution in [0.3, 0.4) is 0 Å². The Balaban J connectivity index is 1.25. The van der Waals surface area contributed by atoms with Gasteiger partial charge in [-0.15, -0.1) is 0 Å². The van der Waals surface area contributed by atoms with Crippen molar-refractivity contribution in [3.05, 3.63) is 57.9 Å². The number of fused-ring (bicyclic) bond motifs is 1. The molecule has 0 radical (unpaired) electrons. The van der Waals surface area contributed by atoms with Gasteiger partial charge in [0.15, 0.2) is 10.8 Å². The van der Waals surface area contributed by atoms with Gasteiger partial charge in [-0.1, -0.05) is 22.9 Å². The maximum atomic E-state index is 13.1. The van der Waals surface area contributed by atoms with E-state index in [9.17, 15) is 18.0 Å². The summed E-state index contributed by atoms with van der Waals surface area (Å²) in [5, 5.41) is 6.89. The van der Waals surface area contributed by atoms with Gasteiger partial charge in [-0.05, 0) is 44.0 Å². The topological polar surface area (TPSA) is 126 Å². The zero-order valence-electron chi connectivity index (χ0n) is 19.2. The zero-order chi connectivity index (χ0) is 24.6. The highest BCUT2D eigenvalue weighted by molar-refractivity contribution is 7.89. The van der Waals surface area contributed by atoms with Crippen molar-refractivity contribution in [1.82, 2.24) is 19.3 Å². The number of thiazole rings is 1. The minimum absolute atomic E-state index is 0.172. The molecule has 2 amide bonds. The van der Waals surface area contributed by atoms with Crippen molar-refractivity contribution >= 4 is 38.3 Å². The Kier molecular flexibility index (Phi) is 6.43. The Morgan fingerprint density at radius 2 is 1.83 bits per heavy atom. The molecule has 4 heterocycles. The molecule has 2 aliphatic heterocycles. The minimum Gasteiger partial charge on any atom is -0.361 e. The SMILES string of the molecule is Cc1cc(C(=O)Nc2nc3c(s2)CN(C(=O)c2ccc(S(=O)(=O)N4CCCCC4)cc2)CC3)no1. The van der Waals surface area contributed by atoms with Crippen LogP contribution in [0.15, 0.2) is 39.8 Å². The van der Waals surface area contributed by atoms with E-state index in [4.69, 9.17) is 4.52 Å². The number of sulfonamides is 1. The van der Waals surface area contributed by atoms with Crippen molar-refractivity contribution in [3.8, 4) is 0 Å². The second-order valence-electron chi connectivity index (χ2n) is 8.63. The van der Waals surface area contributed by atoms with Gasteiger partial charge in [0.1, 0.15) is 5.76 Å². The van der Waals surface area contributed by atoms with Crippen LogP contribution in [0.25, 0.3) is 0 Å². The van der Waals surface area contributed by atoms with Crippen molar-refractivity contribution < 1.29 is 22.5 Å². The lowest BCUT2D eigenvalue weighted by molar-refractivity contribution is 0.0736. The molecular formula is C23H25N5O5S2. The van der Waals surface area contributed by atoms with Crippen LogP contribution in [0.5, 0.6) is 0 Å². The number of carbonyl (C=O) groups excluding carboxylic acids is 2. The van der Waals surface area contributed by atoms with Gasteiger partial charge in [0.2, 0.25) is 10.0 Å². The van der Waals surface area contributed by atoms with E-state index in [0.717, 1.165) is 29.8 Å². The van der Waals surface area contributed by atoms with Crippen LogP contribution in [0, 0.1) is 6.92 Å². The van der Waals surface area contributed by atoms with E-state index in [1.165, 1.54) is 27.8 Å². The molecule has 5 rings (SSSR count). The number of nitrogens with zero attached hydrogens (tertiary/aromatic N) is 4. The third kappa shape index (κ3) is 4.86. The summed E-state index contributed by atoms with van der Waals surface area (Å²) in [6, 6.07) is 7.73. The summed E-state index contributed by atoms with van der Waals surface area (Å²) in [5.74, 6) is -0.0324. The fourth-order valence-electron chi connectivity index (χ4n) is 4.26. The minimum atomic E-state index is -3.54. The van der Waals surface area contributed by atoms with Gasteiger partial charge in [0, 0.05) is 42.6 Å². The smallest absolute Gasteiger partial charge is 0.279 e. The van der Waals surface area contributed by atoms with Crippen LogP contribution in [-0.4, -0.2) is 59.2 Å². The van der Waals surface area contributed by atoms with Crippen molar-refractivity contribution in [2.24, 2.45) is 0 Å². The summed E-state index contributed by atoms with van der Waals surface area (Å²) >= 11 is 1.32. The number of aromatic nitrogens is 2. The molecule has 10 nitrogen and oxygen atoms in total. The second kappa shape index (κ2) is 9.51. The molecule has 1 N–H and O–H groups in total. The first-order valence-corrected chi connectivity index (χ1v) is 13.7. The molecule has 1 aromatic carbocycles. The highest BCUT2D eigenvalue weighted by Crippen LogP contribution is 2.30. The van der Waals surface area contributed by atoms with Gasteiger partial charge in [-0.3, -0.25) is 14.9 Å². The number of anilines is 1. The van der Waals surface area contributed by atoms with Gasteiger partial charge in [0.25, 0.3) is 11.8 Å². The first-order chi connectivity index (χ1) is 16.8. The van der Waals surface area contributed by atoms with Crippen molar-refractivity contribution in [2.45, 2.75) is 44.0 Å². The first kappa shape index (κ1) is 23.6. The number of carbonyl (C=O) groups is 2. The summed E-state index contributed by atoms with van der Waals surface area (Å²) in [5.41, 5.74) is 1.47. The Morgan fingerprint density at radius 3 is 2.51 bits per heavy atom. The van der Waals surface area contributed by atoms with Gasteiger partial charge in [0.05, 0.1) is 17.1 Å². The van der Waals surface area contributed by atoms with Crippen molar-refractivity contribution in [3.63, 3.8) is 0 Å². The van der Waals surface area contributed by atoms with E-state index in [0.29, 0.717) is 49.1 Å². The molecule has 12 heteroatoms. The summed E-state index contributed by atoms with van der Waals surface area (Å²) in [4.78, 5) is 32.7. The van der Waals surface area contributed by atoms with E-state index in [1.807, 2.05) is 0 Å². The quantitative estimate of drug-likeness (QED) is 0.553. The van der Waals surface area contributed by atoms with E-state index in [2.05, 4.69) is 15.5 Å². The summed E-state index contributed by atoms with van der Waals surface area (Å²) < 4.78 is 32.2. The molecule has 2 aromatic heterocycles. The maximum absolute atomic E-state index is 13.1. The lowest BCUT2D eigenvalue weighted by atomic mass is 10.1. The van der Waals surface area contributed by atoms with Gasteiger partial charge in [-0.25, -0.2) is 13.4 Å². The van der Waals surface area contributed by atoms with Crippen LogP contribution >= 0.6 is 11.3 Å². The standard InChI is InChI=1S/C23H25N5O5S2/c1-15-13-19(26-33-15)21(29)25-23-24-18-9-12-27(14-20(18)34-23)22(30)16-5-7-17(8-6-16)35(31,32)28-10-3-2-4-11-28/h5-8,13H,2-4,9-12,14H2,1H3,(H,24,25,29). The number of hydrogen-bond donors (Lipinski definition) is 1. The summed E-state index contributed by atoms with van der Waals surface area (Å²) in [7, 11) is -3.54. The van der Waals surface area contributed by atoms with E-state index < -0.39 is 15.9 Å². The van der Waals surface area contributed by atoms with Gasteiger partial charge >= 0.3 is 0 Å². The molecule has 184 valence electrons. The molecule has 1 saturated heterocycles. The number of piperidine rings is 1. The molecule has 0 spiro atoms. The van der Waals surface area contributed by atoms with Crippen LogP contribution in [0.1, 0.15) is 56.4 Å². The molecule has 1 fully saturated rings. The van der Waals surface area contributed by atoms with Crippen LogP contribution in [-0.2, 0) is 23.0 Å². The highest BCUT2D eigenvalue weighted by atomic mass is 32.2. The highest BCUT2D eigenvalue weighted by Gasteiger charge is 2.28. The Bertz CT molecular complexity index is 1360. The Hall–Kier alpha value is -3.09. The monoisotopic (exact) mass is 515 g/mol. The number of hydrogen-bond acceptors (Lipinski definition) is 8. The molecule has 35 heavy (non-hydrogen) atoms. The molecule has 0 saturated carbocycles. The lowest BCUT2D eigenvalue weighted by Gasteiger charge is -2.27. The fraction of sp³-hybridized carbons (Fsp3) is 0.391. The fourth-order valence-corrected chi connectivity index (χ4v) is 6.80. The molecule has 2 aliphatic rings. The number of benzene rings is 1. The van der Waals surface area contributed by atoms with E-state index in [1.54, 1.807) is 30.0 Å². The number of aryl methyl sites for hydroxylation is 1. The molecule has 0 atom stereocenters. The van der Waals surface area contributed by atoms with E-state index in [-0.39, 0.29) is 16.5 Å². The predicted molar refractivity (Wildman–Crippen MR) is 129 cm³/mol. The Morgan fingerprint density at radius 1 is 1.09 bits per heavy atom. The van der Waals surface area contributed by atoms with Crippen LogP contribution < -0.4 is 5.32 Å². The number of rotatable bonds is 5. The summed E-state index contributed by atoms with van der Waals surface area (Å²) in [6.07, 6.45) is 3.36. The molecule has 0 bridgehead atoms. The van der Waals surface area contributed by atoms with Gasteiger partial charge in [-0.2, -0.15) is 4.31 Å². The van der Waals surface area contributed by atoms with Crippen molar-refractivity contribution in [2.75, 3.05) is 25.0 Å². The summed E-state index contributed by atoms with van der Waals surface area (Å²) in [6.45, 7) is 3.64. The third-order valence-corrected chi connectivity index (χ3v) is 9.06. The van der Waals surface area contributed by atoms with Crippen LogP contribution in [0.2, 0.25) is 0 Å². The molecule has 0 aliphatic carbocycles. The zero-order valence-corrected chi connectivity index (χ0v) is 20.8. The predicted octanol–water partition coefficient (Wildman–Crippen LogP) is 3.06. The Labute approximate surface area is 207 Å². The largest absolute Gasteiger partial charge is 0.361 e. The van der Waals surface area contributed by atoms with Crippen LogP contribution in [0.4, 0.5) is 5.13 Å². The maximum Gasteiger partial charge on any atom is 0.279 e. The normalized spacial score (nSPS) is 16.7. The molecular weight excluding hydrogens is 490 g/mol.